The van der Waals surface area contributed by atoms with Crippen molar-refractivity contribution in [2.45, 2.75) is 57.0 Å². The fourth-order valence-corrected chi connectivity index (χ4v) is 4.22. The molecule has 26 heavy (non-hydrogen) atoms. The van der Waals surface area contributed by atoms with Gasteiger partial charge in [0.25, 0.3) is 0 Å². The molecular weight excluding hydrogens is 329 g/mol. The summed E-state index contributed by atoms with van der Waals surface area (Å²) in [4.78, 5) is 17.3. The number of nitrogens with one attached hydrogen (secondary N) is 1. The van der Waals surface area contributed by atoms with Crippen LogP contribution < -0.4 is 5.32 Å². The Kier molecular flexibility index (Phi) is 7.03. The molecule has 2 heterocycles. The van der Waals surface area contributed by atoms with Gasteiger partial charge in [0.15, 0.2) is 0 Å². The topological polar surface area (TPSA) is 35.6 Å². The Balaban J connectivity index is 1.37. The number of amides is 1. The Morgan fingerprint density at radius 2 is 1.88 bits per heavy atom. The molecule has 1 aromatic rings. The summed E-state index contributed by atoms with van der Waals surface area (Å²) in [6.07, 6.45) is 6.93. The van der Waals surface area contributed by atoms with Gasteiger partial charge in [-0.15, -0.1) is 0 Å². The van der Waals surface area contributed by atoms with Gasteiger partial charge >= 0.3 is 0 Å². The van der Waals surface area contributed by atoms with E-state index in [1.54, 1.807) is 12.1 Å². The number of carbonyl (C=O) groups is 1. The molecule has 0 aliphatic carbocycles. The molecule has 0 spiro atoms. The maximum absolute atomic E-state index is 12.9. The van der Waals surface area contributed by atoms with E-state index in [2.05, 4.69) is 22.2 Å². The maximum Gasteiger partial charge on any atom is 0.220 e. The summed E-state index contributed by atoms with van der Waals surface area (Å²) in [7, 11) is 2.20. The first-order chi connectivity index (χ1) is 12.6. The summed E-state index contributed by atoms with van der Waals surface area (Å²) >= 11 is 0. The lowest BCUT2D eigenvalue weighted by Crippen LogP contribution is -2.53. The van der Waals surface area contributed by atoms with Gasteiger partial charge in [-0.05, 0) is 82.9 Å². The van der Waals surface area contributed by atoms with Crippen molar-refractivity contribution in [1.29, 1.82) is 0 Å². The fourth-order valence-electron chi connectivity index (χ4n) is 4.22. The lowest BCUT2D eigenvalue weighted by Gasteiger charge is -2.41. The summed E-state index contributed by atoms with van der Waals surface area (Å²) in [5.74, 6) is -0.0553. The summed E-state index contributed by atoms with van der Waals surface area (Å²) in [5, 5.41) is 3.24. The van der Waals surface area contributed by atoms with Crippen molar-refractivity contribution in [3.63, 3.8) is 0 Å². The average molecular weight is 362 g/mol. The first-order valence-electron chi connectivity index (χ1n) is 10.1. The van der Waals surface area contributed by atoms with Crippen LogP contribution in [0, 0.1) is 5.82 Å². The van der Waals surface area contributed by atoms with E-state index < -0.39 is 0 Å². The highest BCUT2D eigenvalue weighted by atomic mass is 19.1. The molecule has 1 atom stereocenters. The molecule has 5 heteroatoms. The number of nitrogens with zero attached hydrogens (tertiary/aromatic N) is 2. The van der Waals surface area contributed by atoms with Gasteiger partial charge in [-0.2, -0.15) is 0 Å². The molecule has 0 bridgehead atoms. The van der Waals surface area contributed by atoms with Crippen molar-refractivity contribution in [3.05, 3.63) is 35.6 Å². The number of benzene rings is 1. The lowest BCUT2D eigenvalue weighted by molar-refractivity contribution is -0.122. The number of hydrogen-bond acceptors (Lipinski definition) is 3. The van der Waals surface area contributed by atoms with Crippen molar-refractivity contribution in [1.82, 2.24) is 15.1 Å². The molecule has 0 radical (unpaired) electrons. The number of piperidine rings is 2. The lowest BCUT2D eigenvalue weighted by atomic mass is 9.98. The van der Waals surface area contributed by atoms with E-state index in [9.17, 15) is 9.18 Å². The molecule has 144 valence electrons. The normalized spacial score (nSPS) is 23.1. The Morgan fingerprint density at radius 1 is 1.15 bits per heavy atom. The third-order valence-electron chi connectivity index (χ3n) is 5.80. The highest BCUT2D eigenvalue weighted by Gasteiger charge is 2.28. The Bertz CT molecular complexity index is 569. The van der Waals surface area contributed by atoms with E-state index in [1.165, 1.54) is 51.0 Å². The zero-order valence-electron chi connectivity index (χ0n) is 15.9. The zero-order chi connectivity index (χ0) is 18.4. The van der Waals surface area contributed by atoms with Gasteiger partial charge < -0.3 is 10.2 Å². The molecule has 2 saturated heterocycles. The van der Waals surface area contributed by atoms with E-state index in [-0.39, 0.29) is 11.7 Å². The highest BCUT2D eigenvalue weighted by Crippen LogP contribution is 2.20. The van der Waals surface area contributed by atoms with Gasteiger partial charge in [0, 0.05) is 25.0 Å². The minimum atomic E-state index is -0.210. The Morgan fingerprint density at radius 3 is 2.62 bits per heavy atom. The monoisotopic (exact) mass is 361 g/mol. The van der Waals surface area contributed by atoms with Crippen molar-refractivity contribution in [2.75, 3.05) is 33.2 Å². The van der Waals surface area contributed by atoms with Gasteiger partial charge in [-0.1, -0.05) is 12.1 Å². The smallest absolute Gasteiger partial charge is 0.220 e. The molecule has 0 unspecified atom stereocenters. The third-order valence-corrected chi connectivity index (χ3v) is 5.80. The van der Waals surface area contributed by atoms with Gasteiger partial charge in [0.2, 0.25) is 5.91 Å². The zero-order valence-corrected chi connectivity index (χ0v) is 15.9. The standard InChI is InChI=1S/C21H32FN3O/c1-24-14-11-20(12-15-24)25-13-3-5-19(16-25)23-21(26)6-2-4-17-7-9-18(22)10-8-17/h7-10,19-20H,2-6,11-16H2,1H3,(H,23,26)/t19-/m0/s1. The second kappa shape index (κ2) is 9.47. The fraction of sp³-hybridized carbons (Fsp3) is 0.667. The van der Waals surface area contributed by atoms with Crippen LogP contribution in [0.15, 0.2) is 24.3 Å². The first-order valence-corrected chi connectivity index (χ1v) is 10.1. The molecule has 4 nitrogen and oxygen atoms in total. The molecule has 2 aliphatic heterocycles. The van der Waals surface area contributed by atoms with Crippen LogP contribution in [0.2, 0.25) is 0 Å². The molecule has 3 rings (SSSR count). The number of likely N-dealkylation sites (tertiary alicyclic amines) is 2. The predicted octanol–water partition coefficient (Wildman–Crippen LogP) is 2.82. The second-order valence-corrected chi connectivity index (χ2v) is 7.92. The van der Waals surface area contributed by atoms with Gasteiger partial charge in [-0.25, -0.2) is 4.39 Å². The maximum atomic E-state index is 12.9. The van der Waals surface area contributed by atoms with Crippen LogP contribution in [-0.4, -0.2) is 61.0 Å². The molecule has 0 aromatic heterocycles. The van der Waals surface area contributed by atoms with Crippen LogP contribution in [0.1, 0.15) is 44.1 Å². The Labute approximate surface area is 156 Å². The molecule has 2 fully saturated rings. The van der Waals surface area contributed by atoms with Crippen LogP contribution in [-0.2, 0) is 11.2 Å². The molecule has 1 amide bonds. The van der Waals surface area contributed by atoms with Crippen molar-refractivity contribution in [3.8, 4) is 0 Å². The highest BCUT2D eigenvalue weighted by molar-refractivity contribution is 5.76. The Hall–Kier alpha value is -1.46. The molecule has 1 aromatic carbocycles. The van der Waals surface area contributed by atoms with Crippen LogP contribution in [0.4, 0.5) is 4.39 Å². The number of hydrogen-bond donors (Lipinski definition) is 1. The third kappa shape index (κ3) is 5.78. The molecule has 1 N–H and O–H groups in total. The van der Waals surface area contributed by atoms with E-state index in [0.717, 1.165) is 31.4 Å². The quantitative estimate of drug-likeness (QED) is 0.846. The number of aryl methyl sites for hydroxylation is 1. The number of carbonyl (C=O) groups excluding carboxylic acids is 1. The number of rotatable bonds is 6. The molecule has 0 saturated carbocycles. The summed E-state index contributed by atoms with van der Waals surface area (Å²) < 4.78 is 12.9. The van der Waals surface area contributed by atoms with Gasteiger partial charge in [0.05, 0.1) is 0 Å². The minimum absolute atomic E-state index is 0.155. The summed E-state index contributed by atoms with van der Waals surface area (Å²) in [5.41, 5.74) is 1.09. The van der Waals surface area contributed by atoms with Crippen LogP contribution in [0.5, 0.6) is 0 Å². The number of halogens is 1. The van der Waals surface area contributed by atoms with E-state index in [4.69, 9.17) is 0 Å². The largest absolute Gasteiger partial charge is 0.352 e. The van der Waals surface area contributed by atoms with Gasteiger partial charge in [0.1, 0.15) is 5.82 Å². The van der Waals surface area contributed by atoms with Crippen LogP contribution in [0.3, 0.4) is 0 Å². The summed E-state index contributed by atoms with van der Waals surface area (Å²) in [6.45, 7) is 4.53. The first kappa shape index (κ1) is 19.3. The SMILES string of the molecule is CN1CCC(N2CCC[C@H](NC(=O)CCCc3ccc(F)cc3)C2)CC1. The van der Waals surface area contributed by atoms with Crippen molar-refractivity contribution >= 4 is 5.91 Å². The van der Waals surface area contributed by atoms with Crippen LogP contribution >= 0.6 is 0 Å². The van der Waals surface area contributed by atoms with E-state index in [0.29, 0.717) is 18.5 Å². The summed E-state index contributed by atoms with van der Waals surface area (Å²) in [6, 6.07) is 7.54. The van der Waals surface area contributed by atoms with Gasteiger partial charge in [-0.3, -0.25) is 9.69 Å². The van der Waals surface area contributed by atoms with Crippen LogP contribution in [0.25, 0.3) is 0 Å². The van der Waals surface area contributed by atoms with Crippen molar-refractivity contribution in [2.24, 2.45) is 0 Å². The van der Waals surface area contributed by atoms with E-state index in [1.807, 2.05) is 0 Å². The van der Waals surface area contributed by atoms with Crippen molar-refractivity contribution < 1.29 is 9.18 Å². The molecule has 2 aliphatic rings. The second-order valence-electron chi connectivity index (χ2n) is 7.92. The molecular formula is C21H32FN3O. The predicted molar refractivity (Wildman–Crippen MR) is 103 cm³/mol. The van der Waals surface area contributed by atoms with E-state index >= 15 is 0 Å². The minimum Gasteiger partial charge on any atom is -0.352 e. The average Bonchev–Trinajstić information content (AvgIpc) is 2.64.